The molecule has 0 radical (unpaired) electrons. The molecular formula is C20H17N3O3. The number of nitro groups is 1. The predicted octanol–water partition coefficient (Wildman–Crippen LogP) is 5.14. The molecule has 0 fully saturated rings. The molecule has 3 rings (SSSR count). The number of para-hydroxylation sites is 1. The van der Waals surface area contributed by atoms with Gasteiger partial charge in [0.1, 0.15) is 11.5 Å². The number of nitrogens with zero attached hydrogens (tertiary/aromatic N) is 2. The van der Waals surface area contributed by atoms with Gasteiger partial charge >= 0.3 is 0 Å². The number of ether oxygens (including phenoxy) is 1. The number of hydrogen-bond donors (Lipinski definition) is 1. The molecule has 6 heteroatoms. The lowest BCUT2D eigenvalue weighted by atomic mass is 10.2. The largest absolute Gasteiger partial charge is 0.457 e. The van der Waals surface area contributed by atoms with Crippen LogP contribution < -0.4 is 10.2 Å². The van der Waals surface area contributed by atoms with Gasteiger partial charge in [-0.2, -0.15) is 5.10 Å². The van der Waals surface area contributed by atoms with Crippen LogP contribution in [0.25, 0.3) is 0 Å². The lowest BCUT2D eigenvalue weighted by Gasteiger charge is -2.08. The summed E-state index contributed by atoms with van der Waals surface area (Å²) in [7, 11) is 0. The second kappa shape index (κ2) is 7.94. The summed E-state index contributed by atoms with van der Waals surface area (Å²) >= 11 is 0. The van der Waals surface area contributed by atoms with Crippen LogP contribution in [0.4, 0.5) is 11.4 Å². The van der Waals surface area contributed by atoms with E-state index in [-0.39, 0.29) is 5.69 Å². The minimum atomic E-state index is -0.442. The van der Waals surface area contributed by atoms with E-state index < -0.39 is 4.92 Å². The number of benzene rings is 3. The highest BCUT2D eigenvalue weighted by atomic mass is 16.6. The Morgan fingerprint density at radius 1 is 1.04 bits per heavy atom. The summed E-state index contributed by atoms with van der Waals surface area (Å²) in [5.74, 6) is 1.56. The molecule has 0 bridgehead atoms. The third kappa shape index (κ3) is 4.45. The Labute approximate surface area is 150 Å². The van der Waals surface area contributed by atoms with E-state index in [1.165, 1.54) is 12.1 Å². The Kier molecular flexibility index (Phi) is 5.24. The third-order valence-electron chi connectivity index (χ3n) is 3.67. The molecule has 0 amide bonds. The zero-order valence-corrected chi connectivity index (χ0v) is 14.1. The molecule has 0 aromatic heterocycles. The number of aryl methyl sites for hydroxylation is 1. The quantitative estimate of drug-likeness (QED) is 0.380. The summed E-state index contributed by atoms with van der Waals surface area (Å²) in [5, 5.41) is 14.9. The van der Waals surface area contributed by atoms with E-state index in [1.807, 2.05) is 55.5 Å². The maximum atomic E-state index is 10.8. The molecule has 0 saturated carbocycles. The van der Waals surface area contributed by atoms with Crippen molar-refractivity contribution in [3.63, 3.8) is 0 Å². The van der Waals surface area contributed by atoms with Crippen LogP contribution in [0, 0.1) is 17.0 Å². The number of non-ortho nitro benzene ring substituents is 1. The topological polar surface area (TPSA) is 76.8 Å². The van der Waals surface area contributed by atoms with Gasteiger partial charge < -0.3 is 4.74 Å². The molecule has 1 N–H and O–H groups in total. The van der Waals surface area contributed by atoms with E-state index in [0.717, 1.165) is 22.6 Å². The number of nitrogens with one attached hydrogen (secondary N) is 1. The summed E-state index contributed by atoms with van der Waals surface area (Å²) < 4.78 is 5.85. The summed E-state index contributed by atoms with van der Waals surface area (Å²) in [6.45, 7) is 2.00. The number of rotatable bonds is 6. The highest BCUT2D eigenvalue weighted by Gasteiger charge is 2.04. The molecule has 0 aliphatic carbocycles. The van der Waals surface area contributed by atoms with Crippen LogP contribution >= 0.6 is 0 Å². The summed E-state index contributed by atoms with van der Waals surface area (Å²) in [5.41, 5.74) is 5.30. The van der Waals surface area contributed by atoms with Gasteiger partial charge in [0, 0.05) is 12.1 Å². The lowest BCUT2D eigenvalue weighted by Crippen LogP contribution is -1.93. The second-order valence-electron chi connectivity index (χ2n) is 5.61. The first-order valence-corrected chi connectivity index (χ1v) is 7.99. The maximum absolute atomic E-state index is 10.8. The molecule has 0 spiro atoms. The SMILES string of the molecule is Cc1ccccc1Oc1ccc(C=NNc2cccc([N+](=O)[O-])c2)cc1. The van der Waals surface area contributed by atoms with Crippen LogP contribution in [-0.2, 0) is 0 Å². The van der Waals surface area contributed by atoms with Crippen molar-refractivity contribution >= 4 is 17.6 Å². The number of anilines is 1. The van der Waals surface area contributed by atoms with Crippen molar-refractivity contribution in [3.05, 3.63) is 94.0 Å². The van der Waals surface area contributed by atoms with Gasteiger partial charge in [-0.25, -0.2) is 0 Å². The molecule has 26 heavy (non-hydrogen) atoms. The van der Waals surface area contributed by atoms with Crippen LogP contribution in [0.2, 0.25) is 0 Å². The van der Waals surface area contributed by atoms with Gasteiger partial charge in [-0.3, -0.25) is 15.5 Å². The summed E-state index contributed by atoms with van der Waals surface area (Å²) in [4.78, 5) is 10.3. The van der Waals surface area contributed by atoms with Crippen molar-refractivity contribution in [3.8, 4) is 11.5 Å². The Hall–Kier alpha value is -3.67. The van der Waals surface area contributed by atoms with E-state index in [9.17, 15) is 10.1 Å². The van der Waals surface area contributed by atoms with Crippen LogP contribution in [0.1, 0.15) is 11.1 Å². The van der Waals surface area contributed by atoms with E-state index in [0.29, 0.717) is 5.69 Å². The minimum absolute atomic E-state index is 0.0166. The molecule has 3 aromatic carbocycles. The molecule has 0 saturated heterocycles. The lowest BCUT2D eigenvalue weighted by molar-refractivity contribution is -0.384. The molecular weight excluding hydrogens is 330 g/mol. The number of nitro benzene ring substituents is 1. The van der Waals surface area contributed by atoms with Gasteiger partial charge in [0.15, 0.2) is 0 Å². The molecule has 130 valence electrons. The maximum Gasteiger partial charge on any atom is 0.271 e. The van der Waals surface area contributed by atoms with Gasteiger partial charge in [0.05, 0.1) is 16.8 Å². The smallest absolute Gasteiger partial charge is 0.271 e. The molecule has 6 nitrogen and oxygen atoms in total. The fraction of sp³-hybridized carbons (Fsp3) is 0.0500. The first kappa shape index (κ1) is 17.2. The van der Waals surface area contributed by atoms with Crippen LogP contribution in [-0.4, -0.2) is 11.1 Å². The Morgan fingerprint density at radius 2 is 1.81 bits per heavy atom. The summed E-state index contributed by atoms with van der Waals surface area (Å²) in [6.07, 6.45) is 1.64. The zero-order valence-electron chi connectivity index (χ0n) is 14.1. The minimum Gasteiger partial charge on any atom is -0.457 e. The first-order valence-electron chi connectivity index (χ1n) is 7.99. The second-order valence-corrected chi connectivity index (χ2v) is 5.61. The van der Waals surface area contributed by atoms with Gasteiger partial charge in [-0.1, -0.05) is 24.3 Å². The van der Waals surface area contributed by atoms with Crippen molar-refractivity contribution in [1.29, 1.82) is 0 Å². The first-order chi connectivity index (χ1) is 12.6. The molecule has 0 unspecified atom stereocenters. The Morgan fingerprint density at radius 3 is 2.54 bits per heavy atom. The van der Waals surface area contributed by atoms with E-state index in [4.69, 9.17) is 4.74 Å². The predicted molar refractivity (Wildman–Crippen MR) is 102 cm³/mol. The van der Waals surface area contributed by atoms with Crippen molar-refractivity contribution in [2.24, 2.45) is 5.10 Å². The number of hydrazone groups is 1. The monoisotopic (exact) mass is 347 g/mol. The molecule has 3 aromatic rings. The Bertz CT molecular complexity index is 937. The van der Waals surface area contributed by atoms with Crippen molar-refractivity contribution in [2.45, 2.75) is 6.92 Å². The van der Waals surface area contributed by atoms with Crippen molar-refractivity contribution in [2.75, 3.05) is 5.43 Å². The van der Waals surface area contributed by atoms with E-state index >= 15 is 0 Å². The zero-order chi connectivity index (χ0) is 18.4. The molecule has 0 heterocycles. The van der Waals surface area contributed by atoms with Crippen molar-refractivity contribution in [1.82, 2.24) is 0 Å². The van der Waals surface area contributed by atoms with Crippen LogP contribution in [0.5, 0.6) is 11.5 Å². The fourth-order valence-corrected chi connectivity index (χ4v) is 2.29. The summed E-state index contributed by atoms with van der Waals surface area (Å²) in [6, 6.07) is 21.5. The van der Waals surface area contributed by atoms with Gasteiger partial charge in [0.25, 0.3) is 5.69 Å². The van der Waals surface area contributed by atoms with E-state index in [2.05, 4.69) is 10.5 Å². The number of hydrogen-bond acceptors (Lipinski definition) is 5. The normalized spacial score (nSPS) is 10.7. The van der Waals surface area contributed by atoms with Gasteiger partial charge in [0.2, 0.25) is 0 Å². The average Bonchev–Trinajstić information content (AvgIpc) is 2.65. The molecule has 0 aliphatic heterocycles. The highest BCUT2D eigenvalue weighted by molar-refractivity contribution is 5.80. The standard InChI is InChI=1S/C20H17N3O3/c1-15-5-2-3-8-20(15)26-19-11-9-16(10-12-19)14-21-22-17-6-4-7-18(13-17)23(24)25/h2-14,22H,1H3. The van der Waals surface area contributed by atoms with E-state index in [1.54, 1.807) is 18.3 Å². The average molecular weight is 347 g/mol. The third-order valence-corrected chi connectivity index (χ3v) is 3.67. The Balaban J connectivity index is 1.62. The molecule has 0 atom stereocenters. The van der Waals surface area contributed by atoms with Gasteiger partial charge in [-0.15, -0.1) is 0 Å². The van der Waals surface area contributed by atoms with Gasteiger partial charge in [-0.05, 0) is 54.4 Å². The van der Waals surface area contributed by atoms with Crippen LogP contribution in [0.15, 0.2) is 77.9 Å². The molecule has 0 aliphatic rings. The fourth-order valence-electron chi connectivity index (χ4n) is 2.29. The highest BCUT2D eigenvalue weighted by Crippen LogP contribution is 2.24. The van der Waals surface area contributed by atoms with Crippen molar-refractivity contribution < 1.29 is 9.66 Å². The van der Waals surface area contributed by atoms with Crippen LogP contribution in [0.3, 0.4) is 0 Å².